The van der Waals surface area contributed by atoms with E-state index < -0.39 is 0 Å². The van der Waals surface area contributed by atoms with Gasteiger partial charge in [0.2, 0.25) is 0 Å². The van der Waals surface area contributed by atoms with Crippen molar-refractivity contribution in [2.45, 2.75) is 33.1 Å². The molecular weight excluding hydrogens is 342 g/mol. The molecule has 0 atom stereocenters. The van der Waals surface area contributed by atoms with Crippen molar-refractivity contribution in [2.75, 3.05) is 20.1 Å². The maximum absolute atomic E-state index is 4.60. The molecule has 0 unspecified atom stereocenters. The maximum atomic E-state index is 4.60. The van der Waals surface area contributed by atoms with Gasteiger partial charge in [0, 0.05) is 49.0 Å². The third kappa shape index (κ3) is 4.64. The van der Waals surface area contributed by atoms with Gasteiger partial charge in [0.05, 0.1) is 10.7 Å². The first-order valence-corrected chi connectivity index (χ1v) is 10.0. The highest BCUT2D eigenvalue weighted by atomic mass is 32.1. The van der Waals surface area contributed by atoms with Crippen molar-refractivity contribution in [3.8, 4) is 0 Å². The number of aryl methyl sites for hydroxylation is 2. The van der Waals surface area contributed by atoms with E-state index in [9.17, 15) is 0 Å². The van der Waals surface area contributed by atoms with Gasteiger partial charge in [0.1, 0.15) is 0 Å². The lowest BCUT2D eigenvalue weighted by molar-refractivity contribution is 0.778. The van der Waals surface area contributed by atoms with Gasteiger partial charge in [0.25, 0.3) is 0 Å². The summed E-state index contributed by atoms with van der Waals surface area (Å²) in [5.74, 6) is 0.839. The number of nitrogens with one attached hydrogen (secondary N) is 3. The molecule has 0 amide bonds. The highest BCUT2D eigenvalue weighted by molar-refractivity contribution is 7.09. The molecule has 0 aliphatic carbocycles. The van der Waals surface area contributed by atoms with Crippen LogP contribution in [0.3, 0.4) is 0 Å². The zero-order chi connectivity index (χ0) is 18.4. The van der Waals surface area contributed by atoms with Crippen molar-refractivity contribution in [1.29, 1.82) is 0 Å². The highest BCUT2D eigenvalue weighted by Gasteiger charge is 2.05. The van der Waals surface area contributed by atoms with Crippen LogP contribution in [0.1, 0.15) is 28.8 Å². The maximum Gasteiger partial charge on any atom is 0.190 e. The highest BCUT2D eigenvalue weighted by Crippen LogP contribution is 2.19. The van der Waals surface area contributed by atoms with Crippen molar-refractivity contribution in [3.05, 3.63) is 51.6 Å². The Hall–Kier alpha value is -2.34. The number of aromatic amines is 1. The van der Waals surface area contributed by atoms with E-state index in [1.807, 2.05) is 7.05 Å². The molecule has 3 N–H and O–H groups in total. The Bertz CT molecular complexity index is 877. The lowest BCUT2D eigenvalue weighted by Crippen LogP contribution is -2.39. The quantitative estimate of drug-likeness (QED) is 0.441. The summed E-state index contributed by atoms with van der Waals surface area (Å²) in [7, 11) is 1.81. The van der Waals surface area contributed by atoms with Gasteiger partial charge in [-0.3, -0.25) is 4.99 Å². The zero-order valence-corrected chi connectivity index (χ0v) is 16.5. The number of hydrogen-bond donors (Lipinski definition) is 3. The summed E-state index contributed by atoms with van der Waals surface area (Å²) in [5, 5.41) is 11.4. The SMILES string of the molecule is CCc1nc(CCNC(=NC)NCCc2c[nH]c3cc(C)ccc23)cs1. The lowest BCUT2D eigenvalue weighted by atomic mass is 10.1. The van der Waals surface area contributed by atoms with E-state index in [-0.39, 0.29) is 0 Å². The van der Waals surface area contributed by atoms with E-state index in [4.69, 9.17) is 0 Å². The Morgan fingerprint density at radius 2 is 2.04 bits per heavy atom. The number of nitrogens with zero attached hydrogens (tertiary/aromatic N) is 2. The molecule has 2 aromatic heterocycles. The second-order valence-electron chi connectivity index (χ2n) is 6.37. The van der Waals surface area contributed by atoms with Gasteiger partial charge < -0.3 is 15.6 Å². The van der Waals surface area contributed by atoms with Crippen LogP contribution in [0, 0.1) is 6.92 Å². The molecule has 0 saturated heterocycles. The molecule has 0 saturated carbocycles. The van der Waals surface area contributed by atoms with Crippen LogP contribution in [0.25, 0.3) is 10.9 Å². The van der Waals surface area contributed by atoms with Crippen LogP contribution in [-0.2, 0) is 19.3 Å². The van der Waals surface area contributed by atoms with Gasteiger partial charge in [-0.15, -0.1) is 11.3 Å². The number of thiazole rings is 1. The number of hydrogen-bond acceptors (Lipinski definition) is 3. The average molecular weight is 370 g/mol. The van der Waals surface area contributed by atoms with Gasteiger partial charge >= 0.3 is 0 Å². The molecule has 26 heavy (non-hydrogen) atoms. The van der Waals surface area contributed by atoms with Crippen molar-refractivity contribution >= 4 is 28.2 Å². The van der Waals surface area contributed by atoms with Crippen LogP contribution < -0.4 is 10.6 Å². The number of guanidine groups is 1. The Balaban J connectivity index is 1.45. The number of fused-ring (bicyclic) bond motifs is 1. The van der Waals surface area contributed by atoms with Crippen LogP contribution in [0.5, 0.6) is 0 Å². The zero-order valence-electron chi connectivity index (χ0n) is 15.7. The van der Waals surface area contributed by atoms with Gasteiger partial charge in [-0.1, -0.05) is 19.1 Å². The van der Waals surface area contributed by atoms with E-state index in [0.29, 0.717) is 0 Å². The molecule has 5 nitrogen and oxygen atoms in total. The summed E-state index contributed by atoms with van der Waals surface area (Å²) < 4.78 is 0. The van der Waals surface area contributed by atoms with Crippen molar-refractivity contribution in [2.24, 2.45) is 4.99 Å². The van der Waals surface area contributed by atoms with Crippen LogP contribution >= 0.6 is 11.3 Å². The summed E-state index contributed by atoms with van der Waals surface area (Å²) in [5.41, 5.74) is 4.97. The molecule has 0 bridgehead atoms. The third-order valence-corrected chi connectivity index (χ3v) is 5.45. The molecule has 0 aliphatic rings. The molecule has 3 rings (SSSR count). The average Bonchev–Trinajstić information content (AvgIpc) is 3.27. The minimum atomic E-state index is 0.832. The Labute approximate surface area is 159 Å². The molecule has 138 valence electrons. The number of aromatic nitrogens is 2. The van der Waals surface area contributed by atoms with Crippen molar-refractivity contribution < 1.29 is 0 Å². The summed E-state index contributed by atoms with van der Waals surface area (Å²) in [6.45, 7) is 5.93. The fourth-order valence-electron chi connectivity index (χ4n) is 2.98. The molecule has 2 heterocycles. The molecule has 0 radical (unpaired) electrons. The summed E-state index contributed by atoms with van der Waals surface area (Å²) in [4.78, 5) is 12.3. The van der Waals surface area contributed by atoms with E-state index in [1.54, 1.807) is 11.3 Å². The van der Waals surface area contributed by atoms with Crippen molar-refractivity contribution in [1.82, 2.24) is 20.6 Å². The summed E-state index contributed by atoms with van der Waals surface area (Å²) >= 11 is 1.74. The molecule has 0 aliphatic heterocycles. The molecular formula is C20H27N5S. The van der Waals surface area contributed by atoms with Crippen LogP contribution in [0.4, 0.5) is 0 Å². The molecule has 0 fully saturated rings. The normalized spacial score (nSPS) is 11.9. The monoisotopic (exact) mass is 369 g/mol. The van der Waals surface area contributed by atoms with Gasteiger partial charge in [-0.05, 0) is 37.0 Å². The minimum Gasteiger partial charge on any atom is -0.361 e. The summed E-state index contributed by atoms with van der Waals surface area (Å²) in [6.07, 6.45) is 4.99. The van der Waals surface area contributed by atoms with Gasteiger partial charge in [0.15, 0.2) is 5.96 Å². The van der Waals surface area contributed by atoms with Crippen LogP contribution in [0.15, 0.2) is 34.8 Å². The standard InChI is InChI=1S/C20H27N5S/c1-4-19-25-16(13-26-19)8-10-23-20(21-3)22-9-7-15-12-24-18-11-14(2)5-6-17(15)18/h5-6,11-13,24H,4,7-10H2,1-3H3,(H2,21,22,23). The second kappa shape index (κ2) is 8.85. The van der Waals surface area contributed by atoms with Crippen LogP contribution in [-0.4, -0.2) is 36.1 Å². The van der Waals surface area contributed by atoms with Gasteiger partial charge in [-0.2, -0.15) is 0 Å². The lowest BCUT2D eigenvalue weighted by Gasteiger charge is -2.11. The van der Waals surface area contributed by atoms with E-state index in [0.717, 1.165) is 44.0 Å². The Kier molecular flexibility index (Phi) is 6.28. The predicted molar refractivity (Wildman–Crippen MR) is 111 cm³/mol. The van der Waals surface area contributed by atoms with Crippen LogP contribution in [0.2, 0.25) is 0 Å². The van der Waals surface area contributed by atoms with E-state index in [1.165, 1.54) is 27.0 Å². The largest absolute Gasteiger partial charge is 0.361 e. The second-order valence-corrected chi connectivity index (χ2v) is 7.32. The number of benzene rings is 1. The van der Waals surface area contributed by atoms with Gasteiger partial charge in [-0.25, -0.2) is 4.98 Å². The minimum absolute atomic E-state index is 0.832. The topological polar surface area (TPSA) is 65.1 Å². The molecule has 0 spiro atoms. The number of rotatable bonds is 7. The fraction of sp³-hybridized carbons (Fsp3) is 0.400. The smallest absolute Gasteiger partial charge is 0.190 e. The molecule has 6 heteroatoms. The predicted octanol–water partition coefficient (Wildman–Crippen LogP) is 3.45. The summed E-state index contributed by atoms with van der Waals surface area (Å²) in [6, 6.07) is 6.55. The first-order chi connectivity index (χ1) is 12.7. The number of aliphatic imine (C=N–C) groups is 1. The third-order valence-electron chi connectivity index (χ3n) is 4.41. The first kappa shape index (κ1) is 18.5. The molecule has 1 aromatic carbocycles. The first-order valence-electron chi connectivity index (χ1n) is 9.14. The molecule has 3 aromatic rings. The Morgan fingerprint density at radius 3 is 2.77 bits per heavy atom. The van der Waals surface area contributed by atoms with E-state index >= 15 is 0 Å². The Morgan fingerprint density at radius 1 is 1.23 bits per heavy atom. The number of H-pyrrole nitrogens is 1. The van der Waals surface area contributed by atoms with Crippen molar-refractivity contribution in [3.63, 3.8) is 0 Å². The fourth-order valence-corrected chi connectivity index (χ4v) is 3.76. The van der Waals surface area contributed by atoms with E-state index in [2.05, 4.69) is 69.2 Å².